The molecule has 154 valence electrons. The van der Waals surface area contributed by atoms with Crippen LogP contribution in [0.3, 0.4) is 0 Å². The third-order valence-electron chi connectivity index (χ3n) is 4.88. The zero-order chi connectivity index (χ0) is 20.5. The first-order valence-electron chi connectivity index (χ1n) is 10.0. The first kappa shape index (κ1) is 21.9. The van der Waals surface area contributed by atoms with E-state index in [1.54, 1.807) is 4.90 Å². The second-order valence-electron chi connectivity index (χ2n) is 7.51. The van der Waals surface area contributed by atoms with Crippen LogP contribution >= 0.6 is 0 Å². The van der Waals surface area contributed by atoms with Crippen molar-refractivity contribution in [1.29, 1.82) is 0 Å². The zero-order valence-electron chi connectivity index (χ0n) is 17.1. The maximum atomic E-state index is 13.0. The summed E-state index contributed by atoms with van der Waals surface area (Å²) < 4.78 is 0. The van der Waals surface area contributed by atoms with Crippen LogP contribution in [0.4, 0.5) is 0 Å². The Kier molecular flexibility index (Phi) is 8.44. The van der Waals surface area contributed by atoms with Crippen molar-refractivity contribution in [1.82, 2.24) is 20.4 Å². The van der Waals surface area contributed by atoms with Crippen LogP contribution in [0.1, 0.15) is 26.3 Å². The van der Waals surface area contributed by atoms with Crippen molar-refractivity contribution in [2.45, 2.75) is 33.2 Å². The molecule has 1 unspecified atom stereocenters. The predicted octanol–water partition coefficient (Wildman–Crippen LogP) is 0.650. The molecule has 2 rings (SSSR count). The van der Waals surface area contributed by atoms with Gasteiger partial charge in [-0.3, -0.25) is 19.3 Å². The van der Waals surface area contributed by atoms with Gasteiger partial charge in [0.1, 0.15) is 6.04 Å². The maximum absolute atomic E-state index is 13.0. The summed E-state index contributed by atoms with van der Waals surface area (Å²) in [5.74, 6) is -0.182. The summed E-state index contributed by atoms with van der Waals surface area (Å²) in [7, 11) is 0. The van der Waals surface area contributed by atoms with E-state index < -0.39 is 6.04 Å². The lowest BCUT2D eigenvalue weighted by molar-refractivity contribution is -0.139. The predicted molar refractivity (Wildman–Crippen MR) is 109 cm³/mol. The molecule has 1 fully saturated rings. The monoisotopic (exact) mass is 388 g/mol. The SMILES string of the molecule is CCNC(=O)CN1CCN(C(=O)C(NC(=O)Cc2ccccc2)C(C)C)CC1. The van der Waals surface area contributed by atoms with E-state index in [-0.39, 0.29) is 30.1 Å². The van der Waals surface area contributed by atoms with E-state index >= 15 is 0 Å². The summed E-state index contributed by atoms with van der Waals surface area (Å²) in [5.41, 5.74) is 0.925. The molecule has 1 atom stereocenters. The summed E-state index contributed by atoms with van der Waals surface area (Å²) in [4.78, 5) is 40.9. The van der Waals surface area contributed by atoms with Crippen molar-refractivity contribution in [3.05, 3.63) is 35.9 Å². The van der Waals surface area contributed by atoms with Gasteiger partial charge in [-0.05, 0) is 18.4 Å². The van der Waals surface area contributed by atoms with Gasteiger partial charge in [-0.15, -0.1) is 0 Å². The number of hydrogen-bond acceptors (Lipinski definition) is 4. The van der Waals surface area contributed by atoms with Crippen LogP contribution in [-0.2, 0) is 20.8 Å². The minimum atomic E-state index is -0.536. The first-order chi connectivity index (χ1) is 13.4. The lowest BCUT2D eigenvalue weighted by Gasteiger charge is -2.37. The minimum absolute atomic E-state index is 0.000542. The van der Waals surface area contributed by atoms with Crippen LogP contribution in [0.5, 0.6) is 0 Å². The lowest BCUT2D eigenvalue weighted by atomic mass is 10.0. The Bertz CT molecular complexity index is 655. The highest BCUT2D eigenvalue weighted by Gasteiger charge is 2.30. The molecular weight excluding hydrogens is 356 g/mol. The maximum Gasteiger partial charge on any atom is 0.245 e. The number of amides is 3. The second kappa shape index (κ2) is 10.8. The fraction of sp³-hybridized carbons (Fsp3) is 0.571. The number of rotatable bonds is 8. The van der Waals surface area contributed by atoms with Gasteiger partial charge in [0.25, 0.3) is 0 Å². The van der Waals surface area contributed by atoms with Crippen LogP contribution in [0.2, 0.25) is 0 Å². The molecule has 7 nitrogen and oxygen atoms in total. The first-order valence-corrected chi connectivity index (χ1v) is 10.0. The molecule has 0 spiro atoms. The third-order valence-corrected chi connectivity index (χ3v) is 4.88. The quantitative estimate of drug-likeness (QED) is 0.685. The van der Waals surface area contributed by atoms with Crippen LogP contribution < -0.4 is 10.6 Å². The van der Waals surface area contributed by atoms with Crippen LogP contribution in [-0.4, -0.2) is 72.8 Å². The largest absolute Gasteiger partial charge is 0.355 e. The smallest absolute Gasteiger partial charge is 0.245 e. The van der Waals surface area contributed by atoms with Crippen molar-refractivity contribution in [2.75, 3.05) is 39.3 Å². The number of likely N-dealkylation sites (N-methyl/N-ethyl adjacent to an activating group) is 1. The Balaban J connectivity index is 1.87. The normalized spacial score (nSPS) is 15.9. The van der Waals surface area contributed by atoms with E-state index in [0.29, 0.717) is 39.3 Å². The molecule has 1 aromatic rings. The summed E-state index contributed by atoms with van der Waals surface area (Å²) in [6.45, 7) is 9.21. The number of carbonyl (C=O) groups excluding carboxylic acids is 3. The molecule has 1 aromatic carbocycles. The average Bonchev–Trinajstić information content (AvgIpc) is 2.67. The van der Waals surface area contributed by atoms with Crippen LogP contribution in [0.15, 0.2) is 30.3 Å². The number of piperazine rings is 1. The zero-order valence-corrected chi connectivity index (χ0v) is 17.1. The molecule has 0 bridgehead atoms. The Hall–Kier alpha value is -2.41. The summed E-state index contributed by atoms with van der Waals surface area (Å²) in [6.07, 6.45) is 0.262. The van der Waals surface area contributed by atoms with E-state index in [9.17, 15) is 14.4 Å². The van der Waals surface area contributed by atoms with Gasteiger partial charge in [-0.25, -0.2) is 0 Å². The van der Waals surface area contributed by atoms with Crippen molar-refractivity contribution >= 4 is 17.7 Å². The van der Waals surface area contributed by atoms with E-state index in [4.69, 9.17) is 0 Å². The molecular formula is C21H32N4O3. The van der Waals surface area contributed by atoms with Crippen molar-refractivity contribution < 1.29 is 14.4 Å². The van der Waals surface area contributed by atoms with Crippen LogP contribution in [0.25, 0.3) is 0 Å². The Morgan fingerprint density at radius 2 is 1.64 bits per heavy atom. The highest BCUT2D eigenvalue weighted by atomic mass is 16.2. The molecule has 1 aliphatic heterocycles. The number of benzene rings is 1. The number of nitrogens with zero attached hydrogens (tertiary/aromatic N) is 2. The van der Waals surface area contributed by atoms with Gasteiger partial charge in [0.15, 0.2) is 0 Å². The third kappa shape index (κ3) is 6.64. The van der Waals surface area contributed by atoms with Gasteiger partial charge in [0.05, 0.1) is 13.0 Å². The van der Waals surface area contributed by atoms with E-state index in [2.05, 4.69) is 10.6 Å². The molecule has 7 heteroatoms. The van der Waals surface area contributed by atoms with Gasteiger partial charge in [-0.2, -0.15) is 0 Å². The number of carbonyl (C=O) groups is 3. The molecule has 28 heavy (non-hydrogen) atoms. The average molecular weight is 389 g/mol. The summed E-state index contributed by atoms with van der Waals surface area (Å²) >= 11 is 0. The molecule has 1 saturated heterocycles. The Morgan fingerprint density at radius 1 is 1.00 bits per heavy atom. The topological polar surface area (TPSA) is 81.8 Å². The standard InChI is InChI=1S/C21H32N4O3/c1-4-22-19(27)15-24-10-12-25(13-11-24)21(28)20(16(2)3)23-18(26)14-17-8-6-5-7-9-17/h5-9,16,20H,4,10-15H2,1-3H3,(H,22,27)(H,23,26). The van der Waals surface area contributed by atoms with E-state index in [0.717, 1.165) is 5.56 Å². The lowest BCUT2D eigenvalue weighted by Crippen LogP contribution is -2.57. The van der Waals surface area contributed by atoms with Crippen LogP contribution in [0, 0.1) is 5.92 Å². The van der Waals surface area contributed by atoms with Gasteiger partial charge in [-0.1, -0.05) is 44.2 Å². The van der Waals surface area contributed by atoms with Gasteiger partial charge in [0.2, 0.25) is 17.7 Å². The fourth-order valence-electron chi connectivity index (χ4n) is 3.30. The number of nitrogens with one attached hydrogen (secondary N) is 2. The summed E-state index contributed by atoms with van der Waals surface area (Å²) in [5, 5.41) is 5.71. The van der Waals surface area contributed by atoms with Gasteiger partial charge >= 0.3 is 0 Å². The highest BCUT2D eigenvalue weighted by molar-refractivity contribution is 5.88. The van der Waals surface area contributed by atoms with Crippen molar-refractivity contribution in [3.8, 4) is 0 Å². The molecule has 0 saturated carbocycles. The number of hydrogen-bond donors (Lipinski definition) is 2. The molecule has 1 aliphatic rings. The van der Waals surface area contributed by atoms with Gasteiger partial charge in [0, 0.05) is 32.7 Å². The molecule has 0 radical (unpaired) electrons. The molecule has 0 aromatic heterocycles. The van der Waals surface area contributed by atoms with Gasteiger partial charge < -0.3 is 15.5 Å². The fourth-order valence-corrected chi connectivity index (χ4v) is 3.30. The molecule has 3 amide bonds. The molecule has 0 aliphatic carbocycles. The highest BCUT2D eigenvalue weighted by Crippen LogP contribution is 2.10. The summed E-state index contributed by atoms with van der Waals surface area (Å²) in [6, 6.07) is 8.97. The van der Waals surface area contributed by atoms with E-state index in [1.165, 1.54) is 0 Å². The molecule has 2 N–H and O–H groups in total. The second-order valence-corrected chi connectivity index (χ2v) is 7.51. The Labute approximate surface area is 167 Å². The van der Waals surface area contributed by atoms with Crippen molar-refractivity contribution in [3.63, 3.8) is 0 Å². The van der Waals surface area contributed by atoms with Crippen molar-refractivity contribution in [2.24, 2.45) is 5.92 Å². The molecule has 1 heterocycles. The Morgan fingerprint density at radius 3 is 2.21 bits per heavy atom. The van der Waals surface area contributed by atoms with E-state index in [1.807, 2.05) is 56.0 Å². The minimum Gasteiger partial charge on any atom is -0.355 e.